The first-order valence-corrected chi connectivity index (χ1v) is 14.1. The lowest BCUT2D eigenvalue weighted by molar-refractivity contribution is 0.106. The minimum atomic E-state index is 0.165. The number of aromatic nitrogens is 2. The molecular weight excluding hydrogens is 458 g/mol. The number of likely N-dealkylation sites (tertiary alicyclic amines) is 1. The van der Waals surface area contributed by atoms with Crippen molar-refractivity contribution < 1.29 is 4.79 Å². The third-order valence-electron chi connectivity index (χ3n) is 8.83. The quantitative estimate of drug-likeness (QED) is 0.422. The molecule has 37 heavy (non-hydrogen) atoms. The van der Waals surface area contributed by atoms with Gasteiger partial charge in [0.1, 0.15) is 0 Å². The molecular formula is C31H39N5O. The molecule has 6 nitrogen and oxygen atoms in total. The predicted molar refractivity (Wildman–Crippen MR) is 147 cm³/mol. The third-order valence-corrected chi connectivity index (χ3v) is 8.83. The van der Waals surface area contributed by atoms with Gasteiger partial charge in [-0.2, -0.15) is 5.10 Å². The smallest absolute Gasteiger partial charge is 0.319 e. The van der Waals surface area contributed by atoms with Crippen LogP contribution in [0.5, 0.6) is 0 Å². The number of carbonyl (C=O) groups excluding carboxylic acids is 1. The Morgan fingerprint density at radius 3 is 2.22 bits per heavy atom. The second kappa shape index (κ2) is 10.7. The Kier molecular flexibility index (Phi) is 7.01. The lowest BCUT2D eigenvalue weighted by Gasteiger charge is -2.39. The minimum absolute atomic E-state index is 0.165. The van der Waals surface area contributed by atoms with E-state index >= 15 is 0 Å². The maximum atomic E-state index is 13.9. The lowest BCUT2D eigenvalue weighted by Crippen LogP contribution is -2.48. The van der Waals surface area contributed by atoms with Gasteiger partial charge in [-0.3, -0.25) is 4.90 Å². The molecule has 3 aliphatic rings. The van der Waals surface area contributed by atoms with Crippen LogP contribution in [-0.2, 0) is 6.54 Å². The Morgan fingerprint density at radius 1 is 0.838 bits per heavy atom. The maximum absolute atomic E-state index is 13.9. The van der Waals surface area contributed by atoms with Crippen LogP contribution in [0.3, 0.4) is 0 Å². The molecule has 1 saturated carbocycles. The van der Waals surface area contributed by atoms with Crippen molar-refractivity contribution in [3.63, 3.8) is 0 Å². The van der Waals surface area contributed by atoms with Crippen molar-refractivity contribution in [2.45, 2.75) is 76.5 Å². The first-order chi connectivity index (χ1) is 18.2. The number of rotatable bonds is 6. The molecule has 2 saturated heterocycles. The summed E-state index contributed by atoms with van der Waals surface area (Å²) in [6.07, 6.45) is 10.2. The lowest BCUT2D eigenvalue weighted by atomic mass is 9.94. The summed E-state index contributed by atoms with van der Waals surface area (Å²) < 4.78 is 2.04. The van der Waals surface area contributed by atoms with Gasteiger partial charge in [0, 0.05) is 49.5 Å². The number of carbonyl (C=O) groups is 1. The number of amides is 2. The number of nitrogens with zero attached hydrogens (tertiary/aromatic N) is 5. The fraction of sp³-hybridized carbons (Fsp3) is 0.484. The molecule has 2 amide bonds. The summed E-state index contributed by atoms with van der Waals surface area (Å²) >= 11 is 0. The second-order valence-corrected chi connectivity index (χ2v) is 11.1. The highest BCUT2D eigenvalue weighted by Crippen LogP contribution is 2.38. The van der Waals surface area contributed by atoms with Gasteiger partial charge in [0.15, 0.2) is 0 Å². The van der Waals surface area contributed by atoms with Crippen LogP contribution in [0.15, 0.2) is 66.9 Å². The molecule has 194 valence electrons. The Balaban J connectivity index is 1.14. The molecule has 2 aliphatic heterocycles. The predicted octanol–water partition coefficient (Wildman–Crippen LogP) is 5.96. The molecule has 0 radical (unpaired) electrons. The molecule has 6 rings (SSSR count). The van der Waals surface area contributed by atoms with Crippen LogP contribution in [-0.4, -0.2) is 62.2 Å². The van der Waals surface area contributed by atoms with E-state index in [4.69, 9.17) is 0 Å². The van der Waals surface area contributed by atoms with Crippen molar-refractivity contribution in [2.75, 3.05) is 19.6 Å². The molecule has 0 spiro atoms. The van der Waals surface area contributed by atoms with Crippen molar-refractivity contribution in [3.05, 3.63) is 83.7 Å². The molecule has 6 heteroatoms. The van der Waals surface area contributed by atoms with Gasteiger partial charge in [-0.05, 0) is 50.3 Å². The third kappa shape index (κ3) is 4.91. The largest absolute Gasteiger partial charge is 0.321 e. The van der Waals surface area contributed by atoms with Crippen molar-refractivity contribution in [1.82, 2.24) is 24.5 Å². The first kappa shape index (κ1) is 24.2. The van der Waals surface area contributed by atoms with E-state index in [1.165, 1.54) is 36.1 Å². The van der Waals surface area contributed by atoms with E-state index in [9.17, 15) is 4.79 Å². The van der Waals surface area contributed by atoms with Crippen LogP contribution < -0.4 is 0 Å². The minimum Gasteiger partial charge on any atom is -0.319 e. The highest BCUT2D eigenvalue weighted by molar-refractivity contribution is 5.78. The number of para-hydroxylation sites is 1. The summed E-state index contributed by atoms with van der Waals surface area (Å²) in [7, 11) is 0. The Hall–Kier alpha value is -3.12. The number of benzene rings is 2. The zero-order valence-electron chi connectivity index (χ0n) is 22.0. The molecule has 3 heterocycles. The van der Waals surface area contributed by atoms with Crippen LogP contribution in [0.1, 0.15) is 67.8 Å². The van der Waals surface area contributed by atoms with Crippen molar-refractivity contribution in [3.8, 4) is 5.69 Å². The number of urea groups is 1. The monoisotopic (exact) mass is 497 g/mol. The zero-order valence-corrected chi connectivity index (χ0v) is 22.0. The first-order valence-electron chi connectivity index (χ1n) is 14.1. The van der Waals surface area contributed by atoms with Gasteiger partial charge >= 0.3 is 6.03 Å². The summed E-state index contributed by atoms with van der Waals surface area (Å²) in [4.78, 5) is 20.9. The average molecular weight is 498 g/mol. The molecule has 2 aromatic carbocycles. The van der Waals surface area contributed by atoms with E-state index in [1.807, 2.05) is 16.9 Å². The fourth-order valence-corrected chi connectivity index (χ4v) is 6.71. The van der Waals surface area contributed by atoms with E-state index in [0.717, 1.165) is 57.5 Å². The SMILES string of the molecule is Cc1c(CN2CCC(N3C(=O)N(C4CCCCC4)C[C@H]3c3ccccc3)CC2)cnn1-c1ccccc1. The Labute approximate surface area is 220 Å². The summed E-state index contributed by atoms with van der Waals surface area (Å²) in [5.74, 6) is 0. The van der Waals surface area contributed by atoms with E-state index in [0.29, 0.717) is 12.1 Å². The molecule has 3 fully saturated rings. The van der Waals surface area contributed by atoms with Crippen molar-refractivity contribution in [2.24, 2.45) is 0 Å². The summed E-state index contributed by atoms with van der Waals surface area (Å²) in [6, 6.07) is 22.2. The van der Waals surface area contributed by atoms with Crippen molar-refractivity contribution in [1.29, 1.82) is 0 Å². The second-order valence-electron chi connectivity index (χ2n) is 11.1. The molecule has 1 aromatic heterocycles. The topological polar surface area (TPSA) is 44.6 Å². The number of hydrogen-bond donors (Lipinski definition) is 0. The number of piperidine rings is 1. The van der Waals surface area contributed by atoms with E-state index in [-0.39, 0.29) is 12.1 Å². The molecule has 1 aliphatic carbocycles. The molecule has 3 aromatic rings. The summed E-state index contributed by atoms with van der Waals surface area (Å²) in [6.45, 7) is 5.93. The standard InChI is InChI=1S/C31H39N5O/c1-24-26(21-32-36(24)29-15-9-4-10-16-29)22-33-19-17-28(18-20-33)35-30(25-11-5-2-6-12-25)23-34(31(35)37)27-13-7-3-8-14-27/h2,4-6,9-12,15-16,21,27-28,30H,3,7-8,13-14,17-20,22-23H2,1H3/t30-/m0/s1. The van der Waals surface area contributed by atoms with Gasteiger partial charge < -0.3 is 9.80 Å². The summed E-state index contributed by atoms with van der Waals surface area (Å²) in [5, 5.41) is 4.67. The normalized spacial score (nSPS) is 22.2. The van der Waals surface area contributed by atoms with Gasteiger partial charge in [-0.1, -0.05) is 67.8 Å². The highest BCUT2D eigenvalue weighted by Gasteiger charge is 2.45. The molecule has 0 unspecified atom stereocenters. The summed E-state index contributed by atoms with van der Waals surface area (Å²) in [5.41, 5.74) is 4.87. The van der Waals surface area contributed by atoms with E-state index in [1.54, 1.807) is 0 Å². The Morgan fingerprint density at radius 2 is 1.51 bits per heavy atom. The van der Waals surface area contributed by atoms with Gasteiger partial charge in [0.2, 0.25) is 0 Å². The van der Waals surface area contributed by atoms with E-state index < -0.39 is 0 Å². The Bertz CT molecular complexity index is 1180. The molecule has 1 atom stereocenters. The van der Waals surface area contributed by atoms with Crippen LogP contribution in [0.4, 0.5) is 4.79 Å². The van der Waals surface area contributed by atoms with Crippen molar-refractivity contribution >= 4 is 6.03 Å². The van der Waals surface area contributed by atoms with Crippen LogP contribution in [0, 0.1) is 6.92 Å². The molecule has 0 N–H and O–H groups in total. The molecule has 0 bridgehead atoms. The van der Waals surface area contributed by atoms with Crippen LogP contribution in [0.2, 0.25) is 0 Å². The van der Waals surface area contributed by atoms with Gasteiger partial charge in [-0.15, -0.1) is 0 Å². The number of hydrogen-bond acceptors (Lipinski definition) is 3. The van der Waals surface area contributed by atoms with Gasteiger partial charge in [0.05, 0.1) is 17.9 Å². The zero-order chi connectivity index (χ0) is 25.2. The average Bonchev–Trinajstić information content (AvgIpc) is 3.50. The highest BCUT2D eigenvalue weighted by atomic mass is 16.2. The maximum Gasteiger partial charge on any atom is 0.321 e. The van der Waals surface area contributed by atoms with Gasteiger partial charge in [-0.25, -0.2) is 9.48 Å². The van der Waals surface area contributed by atoms with Crippen LogP contribution >= 0.6 is 0 Å². The van der Waals surface area contributed by atoms with Gasteiger partial charge in [0.25, 0.3) is 0 Å². The van der Waals surface area contributed by atoms with E-state index in [2.05, 4.69) is 81.3 Å². The van der Waals surface area contributed by atoms with Crippen LogP contribution in [0.25, 0.3) is 5.69 Å². The fourth-order valence-electron chi connectivity index (χ4n) is 6.71.